The summed E-state index contributed by atoms with van der Waals surface area (Å²) < 4.78 is 4.01. The fourth-order valence-electron chi connectivity index (χ4n) is 2.21. The van der Waals surface area contributed by atoms with E-state index in [1.807, 2.05) is 0 Å². The second-order valence-electron chi connectivity index (χ2n) is 5.95. The van der Waals surface area contributed by atoms with Gasteiger partial charge in [0.2, 0.25) is 0 Å². The number of hydrogen-bond donors (Lipinski definition) is 1. The van der Waals surface area contributed by atoms with E-state index >= 15 is 0 Å². The molecule has 0 saturated heterocycles. The number of benzene rings is 1. The summed E-state index contributed by atoms with van der Waals surface area (Å²) in [5.41, 5.74) is 1.49. The van der Waals surface area contributed by atoms with Gasteiger partial charge in [0.25, 0.3) is 0 Å². The topological polar surface area (TPSA) is 12.0 Å². The summed E-state index contributed by atoms with van der Waals surface area (Å²) in [6.07, 6.45) is 0. The first-order valence-electron chi connectivity index (χ1n) is 6.18. The molecule has 0 aliphatic carbocycles. The summed E-state index contributed by atoms with van der Waals surface area (Å²) in [7, 11) is -2.44. The van der Waals surface area contributed by atoms with Gasteiger partial charge in [0.15, 0.2) is 0 Å². The minimum atomic E-state index is -1.29. The maximum atomic E-state index is 4.01. The summed E-state index contributed by atoms with van der Waals surface area (Å²) in [5.74, 6) is 0. The average molecular weight is 252 g/mol. The highest BCUT2D eigenvalue weighted by atomic mass is 28.4. The first kappa shape index (κ1) is 13.7. The minimum absolute atomic E-state index is 1.16. The first-order chi connectivity index (χ1) is 7.35. The number of hydrogen-bond acceptors (Lipinski definition) is 1. The van der Waals surface area contributed by atoms with Gasteiger partial charge in [-0.3, -0.25) is 0 Å². The Morgan fingerprint density at radius 3 is 2.00 bits per heavy atom. The SMILES string of the molecule is CC[Si](C)(Cc1ccccc1)N[Si](C)(C)C. The van der Waals surface area contributed by atoms with Gasteiger partial charge < -0.3 is 4.65 Å². The van der Waals surface area contributed by atoms with Crippen LogP contribution in [-0.4, -0.2) is 16.5 Å². The van der Waals surface area contributed by atoms with Crippen molar-refractivity contribution in [2.45, 2.75) is 45.2 Å². The Kier molecular flexibility index (Phi) is 4.53. The zero-order valence-corrected chi connectivity index (χ0v) is 13.3. The molecule has 3 heteroatoms. The highest BCUT2D eigenvalue weighted by Crippen LogP contribution is 2.16. The van der Waals surface area contributed by atoms with Crippen molar-refractivity contribution in [3.05, 3.63) is 35.9 Å². The van der Waals surface area contributed by atoms with Crippen molar-refractivity contribution in [3.8, 4) is 0 Å². The minimum Gasteiger partial charge on any atom is -0.359 e. The van der Waals surface area contributed by atoms with Gasteiger partial charge >= 0.3 is 0 Å². The Hall–Kier alpha value is -0.386. The van der Waals surface area contributed by atoms with E-state index in [1.165, 1.54) is 17.7 Å². The van der Waals surface area contributed by atoms with Crippen LogP contribution in [0.4, 0.5) is 0 Å². The Morgan fingerprint density at radius 2 is 1.56 bits per heavy atom. The summed E-state index contributed by atoms with van der Waals surface area (Å²) in [6.45, 7) is 12.0. The maximum Gasteiger partial charge on any atom is 0.120 e. The Labute approximate surface area is 102 Å². The van der Waals surface area contributed by atoms with Gasteiger partial charge in [-0.1, -0.05) is 63.4 Å². The van der Waals surface area contributed by atoms with Crippen LogP contribution in [0.3, 0.4) is 0 Å². The molecule has 1 aromatic rings. The van der Waals surface area contributed by atoms with Crippen molar-refractivity contribution in [2.24, 2.45) is 0 Å². The molecule has 1 aromatic carbocycles. The summed E-state index contributed by atoms with van der Waals surface area (Å²) in [4.78, 5) is 0. The Bertz CT molecular complexity index is 318. The van der Waals surface area contributed by atoms with Crippen LogP contribution in [0, 0.1) is 0 Å². The lowest BCUT2D eigenvalue weighted by molar-refractivity contribution is 1.13. The molecule has 0 saturated carbocycles. The molecular weight excluding hydrogens is 226 g/mol. The summed E-state index contributed by atoms with van der Waals surface area (Å²) in [6, 6.07) is 13.5. The molecular formula is C13H25NSi2. The molecule has 0 aliphatic heterocycles. The van der Waals surface area contributed by atoms with Crippen molar-refractivity contribution in [1.82, 2.24) is 4.65 Å². The highest BCUT2D eigenvalue weighted by Gasteiger charge is 2.30. The van der Waals surface area contributed by atoms with Gasteiger partial charge in [-0.25, -0.2) is 0 Å². The van der Waals surface area contributed by atoms with Crippen molar-refractivity contribution in [2.75, 3.05) is 0 Å². The molecule has 1 N–H and O–H groups in total. The zero-order valence-electron chi connectivity index (χ0n) is 11.3. The van der Waals surface area contributed by atoms with E-state index in [4.69, 9.17) is 0 Å². The lowest BCUT2D eigenvalue weighted by Gasteiger charge is -2.34. The summed E-state index contributed by atoms with van der Waals surface area (Å²) >= 11 is 0. The number of nitrogens with one attached hydrogen (secondary N) is 1. The second-order valence-corrected chi connectivity index (χ2v) is 15.6. The van der Waals surface area contributed by atoms with Gasteiger partial charge in [0.05, 0.1) is 0 Å². The van der Waals surface area contributed by atoms with Crippen LogP contribution in [-0.2, 0) is 6.04 Å². The predicted molar refractivity (Wildman–Crippen MR) is 78.7 cm³/mol. The second kappa shape index (κ2) is 5.30. The molecule has 1 unspecified atom stereocenters. The molecule has 1 rings (SSSR count). The molecule has 0 aromatic heterocycles. The van der Waals surface area contributed by atoms with Gasteiger partial charge in [-0.15, -0.1) is 0 Å². The van der Waals surface area contributed by atoms with Gasteiger partial charge in [0.1, 0.15) is 16.5 Å². The van der Waals surface area contributed by atoms with Crippen LogP contribution in [0.5, 0.6) is 0 Å². The van der Waals surface area contributed by atoms with E-state index in [1.54, 1.807) is 0 Å². The molecule has 0 spiro atoms. The fourth-order valence-corrected chi connectivity index (χ4v) is 11.9. The molecule has 0 heterocycles. The van der Waals surface area contributed by atoms with Crippen molar-refractivity contribution in [3.63, 3.8) is 0 Å². The third kappa shape index (κ3) is 4.64. The van der Waals surface area contributed by atoms with E-state index in [0.29, 0.717) is 0 Å². The summed E-state index contributed by atoms with van der Waals surface area (Å²) in [5, 5.41) is 0. The van der Waals surface area contributed by atoms with E-state index in [9.17, 15) is 0 Å². The third-order valence-electron chi connectivity index (χ3n) is 2.89. The van der Waals surface area contributed by atoms with Crippen molar-refractivity contribution < 1.29 is 0 Å². The Balaban J connectivity index is 2.74. The van der Waals surface area contributed by atoms with Crippen LogP contribution >= 0.6 is 0 Å². The lowest BCUT2D eigenvalue weighted by atomic mass is 10.2. The highest BCUT2D eigenvalue weighted by molar-refractivity contribution is 6.90. The van der Waals surface area contributed by atoms with E-state index in [0.717, 1.165) is 0 Å². The number of rotatable bonds is 5. The lowest BCUT2D eigenvalue weighted by Crippen LogP contribution is -2.60. The van der Waals surface area contributed by atoms with Gasteiger partial charge in [-0.2, -0.15) is 0 Å². The predicted octanol–water partition coefficient (Wildman–Crippen LogP) is 3.79. The van der Waals surface area contributed by atoms with Crippen LogP contribution in [0.25, 0.3) is 0 Å². The monoisotopic (exact) mass is 251 g/mol. The van der Waals surface area contributed by atoms with Crippen molar-refractivity contribution in [1.29, 1.82) is 0 Å². The molecule has 0 amide bonds. The van der Waals surface area contributed by atoms with E-state index in [-0.39, 0.29) is 0 Å². The third-order valence-corrected chi connectivity index (χ3v) is 11.1. The Morgan fingerprint density at radius 1 is 1.00 bits per heavy atom. The van der Waals surface area contributed by atoms with Crippen LogP contribution in [0.2, 0.25) is 32.2 Å². The smallest absolute Gasteiger partial charge is 0.120 e. The van der Waals surface area contributed by atoms with Crippen LogP contribution in [0.15, 0.2) is 30.3 Å². The van der Waals surface area contributed by atoms with E-state index in [2.05, 4.69) is 68.1 Å². The average Bonchev–Trinajstić information content (AvgIpc) is 2.16. The fraction of sp³-hybridized carbons (Fsp3) is 0.538. The molecule has 0 radical (unpaired) electrons. The molecule has 16 heavy (non-hydrogen) atoms. The van der Waals surface area contributed by atoms with Crippen LogP contribution in [0.1, 0.15) is 12.5 Å². The van der Waals surface area contributed by atoms with Crippen molar-refractivity contribution >= 4 is 16.5 Å². The standard InChI is InChI=1S/C13H25NSi2/c1-6-16(5,14-15(2,3)4)12-13-10-8-7-9-11-13/h7-11,14H,6,12H2,1-5H3. The maximum absolute atomic E-state index is 4.01. The molecule has 0 fully saturated rings. The largest absolute Gasteiger partial charge is 0.359 e. The quantitative estimate of drug-likeness (QED) is 0.785. The molecule has 90 valence electrons. The molecule has 1 atom stereocenters. The van der Waals surface area contributed by atoms with Gasteiger partial charge in [0, 0.05) is 0 Å². The first-order valence-corrected chi connectivity index (χ1v) is 12.6. The molecule has 0 aliphatic rings. The van der Waals surface area contributed by atoms with E-state index < -0.39 is 16.5 Å². The molecule has 0 bridgehead atoms. The zero-order chi connectivity index (χ0) is 12.2. The van der Waals surface area contributed by atoms with Gasteiger partial charge in [-0.05, 0) is 17.7 Å². The normalized spacial score (nSPS) is 15.8. The molecule has 1 nitrogen and oxygen atoms in total. The van der Waals surface area contributed by atoms with Crippen LogP contribution < -0.4 is 4.65 Å².